The van der Waals surface area contributed by atoms with E-state index in [1.54, 1.807) is 0 Å². The molecule has 3 heteroatoms. The Morgan fingerprint density at radius 2 is 2.15 bits per heavy atom. The maximum Gasteiger partial charge on any atom is 0.120 e. The molecule has 0 aliphatic heterocycles. The summed E-state index contributed by atoms with van der Waals surface area (Å²) in [7, 11) is 0. The molecule has 0 radical (unpaired) electrons. The van der Waals surface area contributed by atoms with Crippen molar-refractivity contribution in [1.29, 1.82) is 0 Å². The Balaban J connectivity index is 2.63. The molecule has 0 amide bonds. The van der Waals surface area contributed by atoms with Gasteiger partial charge in [0.25, 0.3) is 0 Å². The van der Waals surface area contributed by atoms with Gasteiger partial charge in [-0.2, -0.15) is 0 Å². The van der Waals surface area contributed by atoms with Gasteiger partial charge in [-0.05, 0) is 47.2 Å². The monoisotopic (exact) mass is 402 g/mol. The van der Waals surface area contributed by atoms with Gasteiger partial charge in [0.2, 0.25) is 0 Å². The molecule has 0 N–H and O–H groups in total. The van der Waals surface area contributed by atoms with Gasteiger partial charge in [0.15, 0.2) is 0 Å². The number of aryl methyl sites for hydroxylation is 1. The van der Waals surface area contributed by atoms with E-state index in [2.05, 4.69) is 71.2 Å². The molecule has 0 saturated heterocycles. The first-order valence-electron chi connectivity index (χ1n) is 4.12. The summed E-state index contributed by atoms with van der Waals surface area (Å²) in [5.41, 5.74) is 1.30. The van der Waals surface area contributed by atoms with E-state index in [4.69, 9.17) is 4.74 Å². The zero-order chi connectivity index (χ0) is 9.84. The highest BCUT2D eigenvalue weighted by Gasteiger charge is 2.00. The van der Waals surface area contributed by atoms with Gasteiger partial charge in [-0.15, -0.1) is 0 Å². The van der Waals surface area contributed by atoms with Crippen LogP contribution >= 0.6 is 45.2 Å². The Morgan fingerprint density at radius 1 is 1.46 bits per heavy atom. The smallest absolute Gasteiger partial charge is 0.120 e. The average molecular weight is 402 g/mol. The van der Waals surface area contributed by atoms with Gasteiger partial charge in [-0.3, -0.25) is 0 Å². The molecule has 0 saturated carbocycles. The largest absolute Gasteiger partial charge is 0.492 e. The minimum Gasteiger partial charge on any atom is -0.492 e. The second kappa shape index (κ2) is 5.38. The van der Waals surface area contributed by atoms with Gasteiger partial charge in [0.05, 0.1) is 6.61 Å². The molecule has 0 bridgehead atoms. The summed E-state index contributed by atoms with van der Waals surface area (Å²) in [6, 6.07) is 6.19. The predicted octanol–water partition coefficient (Wildman–Crippen LogP) is 3.80. The van der Waals surface area contributed by atoms with Crippen molar-refractivity contribution in [1.82, 2.24) is 0 Å². The van der Waals surface area contributed by atoms with Crippen LogP contribution in [0.25, 0.3) is 0 Å². The van der Waals surface area contributed by atoms with Gasteiger partial charge >= 0.3 is 0 Å². The normalized spacial score (nSPS) is 12.6. The van der Waals surface area contributed by atoms with Crippen molar-refractivity contribution in [2.24, 2.45) is 0 Å². The first kappa shape index (κ1) is 11.6. The van der Waals surface area contributed by atoms with Gasteiger partial charge in [-0.25, -0.2) is 0 Å². The van der Waals surface area contributed by atoms with Crippen LogP contribution in [0.4, 0.5) is 0 Å². The Hall–Kier alpha value is 0.480. The Morgan fingerprint density at radius 3 is 2.69 bits per heavy atom. The molecular formula is C10H12I2O. The van der Waals surface area contributed by atoms with Crippen LogP contribution in [0, 0.1) is 10.5 Å². The Kier molecular flexibility index (Phi) is 4.78. The molecule has 1 rings (SSSR count). The summed E-state index contributed by atoms with van der Waals surface area (Å²) in [5.74, 6) is 0.971. The fourth-order valence-corrected chi connectivity index (χ4v) is 1.54. The number of hydrogen-bond donors (Lipinski definition) is 0. The highest BCUT2D eigenvalue weighted by Crippen LogP contribution is 2.19. The van der Waals surface area contributed by atoms with E-state index in [0.29, 0.717) is 3.92 Å². The molecule has 0 spiro atoms. The minimum absolute atomic E-state index is 0.552. The van der Waals surface area contributed by atoms with Crippen molar-refractivity contribution in [3.8, 4) is 5.75 Å². The zero-order valence-corrected chi connectivity index (χ0v) is 12.0. The van der Waals surface area contributed by atoms with Crippen molar-refractivity contribution >= 4 is 45.2 Å². The number of hydrogen-bond acceptors (Lipinski definition) is 1. The van der Waals surface area contributed by atoms with E-state index < -0.39 is 0 Å². The van der Waals surface area contributed by atoms with Gasteiger partial charge in [0, 0.05) is 7.49 Å². The highest BCUT2D eigenvalue weighted by atomic mass is 127. The molecule has 1 nitrogen and oxygen atoms in total. The molecule has 13 heavy (non-hydrogen) atoms. The van der Waals surface area contributed by atoms with Crippen molar-refractivity contribution in [3.05, 3.63) is 27.3 Å². The topological polar surface area (TPSA) is 9.23 Å². The number of rotatable bonds is 3. The van der Waals surface area contributed by atoms with E-state index in [9.17, 15) is 0 Å². The lowest BCUT2D eigenvalue weighted by Crippen LogP contribution is -2.06. The fraction of sp³-hybridized carbons (Fsp3) is 0.400. The highest BCUT2D eigenvalue weighted by molar-refractivity contribution is 14.1. The van der Waals surface area contributed by atoms with Gasteiger partial charge in [0.1, 0.15) is 5.75 Å². The number of benzene rings is 1. The lowest BCUT2D eigenvalue weighted by molar-refractivity contribution is 0.326. The van der Waals surface area contributed by atoms with Crippen LogP contribution in [0.3, 0.4) is 0 Å². The van der Waals surface area contributed by atoms with E-state index in [1.165, 1.54) is 9.13 Å². The van der Waals surface area contributed by atoms with Crippen molar-refractivity contribution in [2.45, 2.75) is 17.8 Å². The molecule has 1 aromatic carbocycles. The van der Waals surface area contributed by atoms with Gasteiger partial charge < -0.3 is 4.74 Å². The summed E-state index contributed by atoms with van der Waals surface area (Å²) in [4.78, 5) is 0. The van der Waals surface area contributed by atoms with Crippen LogP contribution in [-0.4, -0.2) is 10.5 Å². The van der Waals surface area contributed by atoms with Crippen LogP contribution in [0.5, 0.6) is 5.75 Å². The SMILES string of the molecule is Cc1ccc(OC[C@@H](C)I)cc1I. The van der Waals surface area contributed by atoms with Crippen molar-refractivity contribution < 1.29 is 4.74 Å². The van der Waals surface area contributed by atoms with Crippen LogP contribution in [0.2, 0.25) is 0 Å². The molecule has 0 unspecified atom stereocenters. The van der Waals surface area contributed by atoms with Crippen molar-refractivity contribution in [3.63, 3.8) is 0 Å². The first-order chi connectivity index (χ1) is 6.09. The van der Waals surface area contributed by atoms with E-state index in [1.807, 2.05) is 6.07 Å². The third-order valence-corrected chi connectivity index (χ3v) is 3.14. The van der Waals surface area contributed by atoms with Crippen molar-refractivity contribution in [2.75, 3.05) is 6.61 Å². The maximum absolute atomic E-state index is 5.59. The second-order valence-corrected chi connectivity index (χ2v) is 6.29. The number of ether oxygens (including phenoxy) is 1. The first-order valence-corrected chi connectivity index (χ1v) is 6.45. The molecule has 0 aromatic heterocycles. The quantitative estimate of drug-likeness (QED) is 0.553. The summed E-state index contributed by atoms with van der Waals surface area (Å²) >= 11 is 4.68. The van der Waals surface area contributed by atoms with Crippen LogP contribution in [0.15, 0.2) is 18.2 Å². The van der Waals surface area contributed by atoms with Crippen LogP contribution in [0.1, 0.15) is 12.5 Å². The number of alkyl halides is 1. The van der Waals surface area contributed by atoms with Crippen LogP contribution < -0.4 is 4.74 Å². The third-order valence-electron chi connectivity index (χ3n) is 1.62. The van der Waals surface area contributed by atoms with Crippen LogP contribution in [-0.2, 0) is 0 Å². The second-order valence-electron chi connectivity index (χ2n) is 3.00. The molecule has 0 aliphatic rings. The van der Waals surface area contributed by atoms with E-state index in [0.717, 1.165) is 12.4 Å². The molecular weight excluding hydrogens is 390 g/mol. The van der Waals surface area contributed by atoms with E-state index >= 15 is 0 Å². The average Bonchev–Trinajstić information content (AvgIpc) is 2.07. The van der Waals surface area contributed by atoms with Gasteiger partial charge in [-0.1, -0.05) is 35.6 Å². The summed E-state index contributed by atoms with van der Waals surface area (Å²) in [6.07, 6.45) is 0. The van der Waals surface area contributed by atoms with E-state index in [-0.39, 0.29) is 0 Å². The Bertz CT molecular complexity index is 284. The molecule has 72 valence electrons. The molecule has 0 fully saturated rings. The molecule has 0 aliphatic carbocycles. The standard InChI is InChI=1S/C10H12I2O/c1-7-3-4-9(5-10(7)12)13-6-8(2)11/h3-5,8H,6H2,1-2H3/t8-/m1/s1. The lowest BCUT2D eigenvalue weighted by atomic mass is 10.2. The molecule has 0 heterocycles. The minimum atomic E-state index is 0.552. The number of halogens is 2. The summed E-state index contributed by atoms with van der Waals surface area (Å²) in [5, 5.41) is 0. The zero-order valence-electron chi connectivity index (χ0n) is 7.68. The summed E-state index contributed by atoms with van der Waals surface area (Å²) < 4.78 is 7.40. The summed E-state index contributed by atoms with van der Waals surface area (Å²) in [6.45, 7) is 5.02. The molecule has 1 atom stereocenters. The lowest BCUT2D eigenvalue weighted by Gasteiger charge is -2.08. The molecule has 1 aromatic rings. The maximum atomic E-state index is 5.59. The third kappa shape index (κ3) is 4.01. The fourth-order valence-electron chi connectivity index (χ4n) is 0.874. The Labute approximate surface area is 107 Å². The predicted molar refractivity (Wildman–Crippen MR) is 72.9 cm³/mol.